The van der Waals surface area contributed by atoms with Crippen LogP contribution in [0.4, 0.5) is 4.39 Å². The van der Waals surface area contributed by atoms with Gasteiger partial charge >= 0.3 is 0 Å². The van der Waals surface area contributed by atoms with E-state index in [2.05, 4.69) is 0 Å². The van der Waals surface area contributed by atoms with Crippen LogP contribution in [0.25, 0.3) is 0 Å². The third-order valence-electron chi connectivity index (χ3n) is 2.85. The Bertz CT molecular complexity index is 434. The first-order valence-electron chi connectivity index (χ1n) is 5.83. The van der Waals surface area contributed by atoms with Gasteiger partial charge in [0.25, 0.3) is 5.91 Å². The van der Waals surface area contributed by atoms with Crippen LogP contribution in [0.2, 0.25) is 0 Å². The number of ether oxygens (including phenoxy) is 1. The van der Waals surface area contributed by atoms with Gasteiger partial charge in [0.1, 0.15) is 17.3 Å². The average Bonchev–Trinajstić information content (AvgIpc) is 2.38. The van der Waals surface area contributed by atoms with Crippen LogP contribution in [0.3, 0.4) is 0 Å². The molecule has 0 N–H and O–H groups in total. The maximum absolute atomic E-state index is 12.7. The number of Topliss-reactive ketones (excluding diaryl/α,β-unsaturated/α-hetero) is 1. The van der Waals surface area contributed by atoms with Crippen LogP contribution in [0, 0.1) is 5.82 Å². The third kappa shape index (κ3) is 3.29. The van der Waals surface area contributed by atoms with E-state index in [0.29, 0.717) is 31.7 Å². The second kappa shape index (κ2) is 5.62. The van der Waals surface area contributed by atoms with Crippen LogP contribution in [0.5, 0.6) is 5.75 Å². The number of amides is 1. The molecule has 1 aromatic rings. The van der Waals surface area contributed by atoms with E-state index >= 15 is 0 Å². The Kier molecular flexibility index (Phi) is 3.92. The van der Waals surface area contributed by atoms with E-state index < -0.39 is 0 Å². The molecule has 2 rings (SSSR count). The van der Waals surface area contributed by atoms with Gasteiger partial charge in [-0.1, -0.05) is 0 Å². The largest absolute Gasteiger partial charge is 0.484 e. The van der Waals surface area contributed by atoms with Gasteiger partial charge in [0, 0.05) is 25.9 Å². The van der Waals surface area contributed by atoms with Gasteiger partial charge in [0.15, 0.2) is 6.61 Å². The summed E-state index contributed by atoms with van der Waals surface area (Å²) in [6.07, 6.45) is 0.838. The molecule has 0 bridgehead atoms. The number of halogens is 1. The molecule has 1 aromatic carbocycles. The number of hydrogen-bond acceptors (Lipinski definition) is 3. The molecule has 0 unspecified atom stereocenters. The van der Waals surface area contributed by atoms with Gasteiger partial charge < -0.3 is 9.64 Å². The van der Waals surface area contributed by atoms with Crippen molar-refractivity contribution in [2.24, 2.45) is 0 Å². The van der Waals surface area contributed by atoms with E-state index in [0.717, 1.165) is 0 Å². The van der Waals surface area contributed by atoms with Gasteiger partial charge in [-0.05, 0) is 24.3 Å². The lowest BCUT2D eigenvalue weighted by Crippen LogP contribution is -2.41. The predicted molar refractivity (Wildman–Crippen MR) is 62.7 cm³/mol. The van der Waals surface area contributed by atoms with Crippen molar-refractivity contribution < 1.29 is 18.7 Å². The maximum atomic E-state index is 12.7. The van der Waals surface area contributed by atoms with Gasteiger partial charge in [0.2, 0.25) is 0 Å². The molecule has 0 spiro atoms. The zero-order chi connectivity index (χ0) is 13.0. The van der Waals surface area contributed by atoms with Crippen molar-refractivity contribution in [1.29, 1.82) is 0 Å². The predicted octanol–water partition coefficient (Wildman–Crippen LogP) is 1.40. The third-order valence-corrected chi connectivity index (χ3v) is 2.85. The van der Waals surface area contributed by atoms with Crippen LogP contribution in [-0.4, -0.2) is 36.3 Å². The molecule has 0 saturated carbocycles. The molecule has 1 heterocycles. The molecule has 1 saturated heterocycles. The molecule has 5 heteroatoms. The summed E-state index contributed by atoms with van der Waals surface area (Å²) in [6, 6.07) is 5.50. The Morgan fingerprint density at radius 2 is 1.83 bits per heavy atom. The Hall–Kier alpha value is -1.91. The highest BCUT2D eigenvalue weighted by molar-refractivity contribution is 5.83. The second-order valence-corrected chi connectivity index (χ2v) is 4.16. The molecule has 0 aromatic heterocycles. The summed E-state index contributed by atoms with van der Waals surface area (Å²) in [7, 11) is 0. The molecule has 0 radical (unpaired) electrons. The van der Waals surface area contributed by atoms with Gasteiger partial charge in [-0.3, -0.25) is 9.59 Å². The lowest BCUT2D eigenvalue weighted by atomic mass is 10.1. The molecule has 1 amide bonds. The first-order chi connectivity index (χ1) is 8.65. The normalized spacial score (nSPS) is 15.6. The van der Waals surface area contributed by atoms with Crippen molar-refractivity contribution in [3.8, 4) is 5.75 Å². The summed E-state index contributed by atoms with van der Waals surface area (Å²) < 4.78 is 17.9. The van der Waals surface area contributed by atoms with Crippen LogP contribution >= 0.6 is 0 Å². The molecule has 1 aliphatic rings. The van der Waals surface area contributed by atoms with Crippen LogP contribution < -0.4 is 4.74 Å². The highest BCUT2D eigenvalue weighted by Crippen LogP contribution is 2.12. The Balaban J connectivity index is 1.81. The first kappa shape index (κ1) is 12.5. The number of carbonyl (C=O) groups excluding carboxylic acids is 2. The molecule has 96 valence electrons. The number of likely N-dealkylation sites (tertiary alicyclic amines) is 1. The van der Waals surface area contributed by atoms with E-state index in [1.54, 1.807) is 4.90 Å². The van der Waals surface area contributed by atoms with Gasteiger partial charge in [0.05, 0.1) is 0 Å². The van der Waals surface area contributed by atoms with E-state index in [9.17, 15) is 14.0 Å². The molecule has 4 nitrogen and oxygen atoms in total. The number of carbonyl (C=O) groups is 2. The minimum Gasteiger partial charge on any atom is -0.484 e. The van der Waals surface area contributed by atoms with E-state index in [1.807, 2.05) is 0 Å². The average molecular weight is 251 g/mol. The number of piperidine rings is 1. The summed E-state index contributed by atoms with van der Waals surface area (Å²) in [5.74, 6) is 0.159. The van der Waals surface area contributed by atoms with Crippen molar-refractivity contribution in [2.45, 2.75) is 12.8 Å². The van der Waals surface area contributed by atoms with Crippen LogP contribution in [-0.2, 0) is 9.59 Å². The smallest absolute Gasteiger partial charge is 0.260 e. The topological polar surface area (TPSA) is 46.6 Å². The number of nitrogens with zero attached hydrogens (tertiary/aromatic N) is 1. The number of ketones is 1. The summed E-state index contributed by atoms with van der Waals surface area (Å²) in [6.45, 7) is 0.842. The highest BCUT2D eigenvalue weighted by Gasteiger charge is 2.20. The Labute approximate surface area is 104 Å². The van der Waals surface area contributed by atoms with Crippen LogP contribution in [0.1, 0.15) is 12.8 Å². The second-order valence-electron chi connectivity index (χ2n) is 4.16. The van der Waals surface area contributed by atoms with E-state index in [-0.39, 0.29) is 24.1 Å². The fourth-order valence-corrected chi connectivity index (χ4v) is 1.77. The minimum absolute atomic E-state index is 0.0835. The zero-order valence-electron chi connectivity index (χ0n) is 9.89. The van der Waals surface area contributed by atoms with E-state index in [1.165, 1.54) is 24.3 Å². The quantitative estimate of drug-likeness (QED) is 0.815. The molecule has 1 fully saturated rings. The van der Waals surface area contributed by atoms with Gasteiger partial charge in [-0.2, -0.15) is 0 Å². The summed E-state index contributed by atoms with van der Waals surface area (Å²) in [4.78, 5) is 24.4. The summed E-state index contributed by atoms with van der Waals surface area (Å²) >= 11 is 0. The standard InChI is InChI=1S/C13H14FNO3/c14-10-1-3-12(4-2-10)18-9-13(17)15-7-5-11(16)6-8-15/h1-4H,5-9H2. The fraction of sp³-hybridized carbons (Fsp3) is 0.385. The Morgan fingerprint density at radius 3 is 2.44 bits per heavy atom. The van der Waals surface area contributed by atoms with Crippen molar-refractivity contribution in [3.05, 3.63) is 30.1 Å². The van der Waals surface area contributed by atoms with Crippen molar-refractivity contribution >= 4 is 11.7 Å². The monoisotopic (exact) mass is 251 g/mol. The lowest BCUT2D eigenvalue weighted by molar-refractivity contribution is -0.136. The Morgan fingerprint density at radius 1 is 1.22 bits per heavy atom. The van der Waals surface area contributed by atoms with Gasteiger partial charge in [-0.15, -0.1) is 0 Å². The molecule has 0 aliphatic carbocycles. The first-order valence-corrected chi connectivity index (χ1v) is 5.83. The number of rotatable bonds is 3. The molecule has 1 aliphatic heterocycles. The highest BCUT2D eigenvalue weighted by atomic mass is 19.1. The molecule has 0 atom stereocenters. The van der Waals surface area contributed by atoms with Crippen molar-refractivity contribution in [3.63, 3.8) is 0 Å². The number of benzene rings is 1. The maximum Gasteiger partial charge on any atom is 0.260 e. The summed E-state index contributed by atoms with van der Waals surface area (Å²) in [5.41, 5.74) is 0. The van der Waals surface area contributed by atoms with E-state index in [4.69, 9.17) is 4.74 Å². The molecular formula is C13H14FNO3. The SMILES string of the molecule is O=C1CCN(C(=O)COc2ccc(F)cc2)CC1. The van der Waals surface area contributed by atoms with Crippen LogP contribution in [0.15, 0.2) is 24.3 Å². The minimum atomic E-state index is -0.344. The lowest BCUT2D eigenvalue weighted by Gasteiger charge is -2.25. The summed E-state index contributed by atoms with van der Waals surface area (Å²) in [5, 5.41) is 0. The molecule has 18 heavy (non-hydrogen) atoms. The fourth-order valence-electron chi connectivity index (χ4n) is 1.77. The van der Waals surface area contributed by atoms with Crippen molar-refractivity contribution in [2.75, 3.05) is 19.7 Å². The molecular weight excluding hydrogens is 237 g/mol. The number of hydrogen-bond donors (Lipinski definition) is 0. The van der Waals surface area contributed by atoms with Crippen molar-refractivity contribution in [1.82, 2.24) is 4.90 Å². The van der Waals surface area contributed by atoms with Gasteiger partial charge in [-0.25, -0.2) is 4.39 Å². The zero-order valence-corrected chi connectivity index (χ0v) is 9.89.